The lowest BCUT2D eigenvalue weighted by Crippen LogP contribution is -2.47. The number of hydrogen-bond acceptors (Lipinski definition) is 5. The maximum absolute atomic E-state index is 12.2. The van der Waals surface area contributed by atoms with Gasteiger partial charge in [0.25, 0.3) is 11.8 Å². The van der Waals surface area contributed by atoms with Crippen molar-refractivity contribution in [2.24, 2.45) is 0 Å². The second-order valence-electron chi connectivity index (χ2n) is 7.08. The Morgan fingerprint density at radius 1 is 1.10 bits per heavy atom. The highest BCUT2D eigenvalue weighted by molar-refractivity contribution is 7.89. The molecular formula is C19H28N4O5S. The molecular weight excluding hydrogens is 396 g/mol. The standard InChI is InChI=1S/C19H28N4O5S/c1-3-14(2)22-29(27,28)16-10-8-15(9-11-16)19(26)21-20-17(24)13-23-12-6-4-5-7-18(23)25/h8-11,14,22H,3-7,12-13H2,1-2H3,(H,20,24)(H,21,26)/t14-/m0/s1. The molecule has 3 N–H and O–H groups in total. The summed E-state index contributed by atoms with van der Waals surface area (Å²) in [5.41, 5.74) is 4.75. The Labute approximate surface area is 171 Å². The van der Waals surface area contributed by atoms with Crippen molar-refractivity contribution in [3.63, 3.8) is 0 Å². The fourth-order valence-electron chi connectivity index (χ4n) is 2.82. The highest BCUT2D eigenvalue weighted by Gasteiger charge is 2.20. The Hall–Kier alpha value is -2.46. The van der Waals surface area contributed by atoms with Crippen LogP contribution in [0.1, 0.15) is 56.3 Å². The Balaban J connectivity index is 1.89. The Morgan fingerprint density at radius 2 is 1.79 bits per heavy atom. The molecule has 1 heterocycles. The van der Waals surface area contributed by atoms with Crippen LogP contribution in [0.4, 0.5) is 0 Å². The van der Waals surface area contributed by atoms with Crippen molar-refractivity contribution in [2.45, 2.75) is 56.9 Å². The Morgan fingerprint density at radius 3 is 2.45 bits per heavy atom. The molecule has 1 aromatic carbocycles. The summed E-state index contributed by atoms with van der Waals surface area (Å²) in [6, 6.07) is 5.19. The third kappa shape index (κ3) is 6.82. The van der Waals surface area contributed by atoms with Crippen molar-refractivity contribution in [2.75, 3.05) is 13.1 Å². The van der Waals surface area contributed by atoms with Crippen LogP contribution in [0, 0.1) is 0 Å². The van der Waals surface area contributed by atoms with Gasteiger partial charge in [0.1, 0.15) is 6.54 Å². The Bertz CT molecular complexity index is 839. The minimum Gasteiger partial charge on any atom is -0.333 e. The second kappa shape index (κ2) is 10.4. The predicted molar refractivity (Wildman–Crippen MR) is 107 cm³/mol. The predicted octanol–water partition coefficient (Wildman–Crippen LogP) is 0.927. The van der Waals surface area contributed by atoms with E-state index in [2.05, 4.69) is 15.6 Å². The van der Waals surface area contributed by atoms with Crippen LogP contribution in [0.2, 0.25) is 0 Å². The van der Waals surface area contributed by atoms with Gasteiger partial charge in [-0.2, -0.15) is 0 Å². The normalized spacial score (nSPS) is 16.1. The molecule has 0 unspecified atom stereocenters. The van der Waals surface area contributed by atoms with Gasteiger partial charge >= 0.3 is 0 Å². The summed E-state index contributed by atoms with van der Waals surface area (Å²) in [7, 11) is -3.65. The number of hydrazine groups is 1. The maximum atomic E-state index is 12.2. The van der Waals surface area contributed by atoms with Gasteiger partial charge < -0.3 is 4.90 Å². The summed E-state index contributed by atoms with van der Waals surface area (Å²) >= 11 is 0. The van der Waals surface area contributed by atoms with E-state index in [1.54, 1.807) is 6.92 Å². The van der Waals surface area contributed by atoms with E-state index in [4.69, 9.17) is 0 Å². The number of carbonyl (C=O) groups is 3. The first-order valence-electron chi connectivity index (χ1n) is 9.72. The molecule has 0 saturated carbocycles. The highest BCUT2D eigenvalue weighted by atomic mass is 32.2. The van der Waals surface area contributed by atoms with Crippen LogP contribution in [0.3, 0.4) is 0 Å². The molecule has 1 saturated heterocycles. The minimum atomic E-state index is -3.65. The molecule has 1 atom stereocenters. The molecule has 0 radical (unpaired) electrons. The summed E-state index contributed by atoms with van der Waals surface area (Å²) < 4.78 is 27.0. The lowest BCUT2D eigenvalue weighted by molar-refractivity contribution is -0.135. The van der Waals surface area contributed by atoms with E-state index in [1.165, 1.54) is 29.2 Å². The molecule has 1 aromatic rings. The van der Waals surface area contributed by atoms with Crippen LogP contribution in [0.15, 0.2) is 29.2 Å². The first kappa shape index (κ1) is 22.8. The maximum Gasteiger partial charge on any atom is 0.269 e. The van der Waals surface area contributed by atoms with Gasteiger partial charge in [0, 0.05) is 24.6 Å². The number of carbonyl (C=O) groups excluding carboxylic acids is 3. The number of nitrogens with zero attached hydrogens (tertiary/aromatic N) is 1. The molecule has 29 heavy (non-hydrogen) atoms. The molecule has 10 heteroatoms. The van der Waals surface area contributed by atoms with Gasteiger partial charge in [-0.25, -0.2) is 13.1 Å². The zero-order chi connectivity index (χ0) is 21.4. The first-order chi connectivity index (χ1) is 13.7. The number of sulfonamides is 1. The monoisotopic (exact) mass is 424 g/mol. The van der Waals surface area contributed by atoms with Gasteiger partial charge in [0.2, 0.25) is 15.9 Å². The molecule has 160 valence electrons. The number of benzene rings is 1. The van der Waals surface area contributed by atoms with Crippen LogP contribution in [0.5, 0.6) is 0 Å². The van der Waals surface area contributed by atoms with Crippen LogP contribution < -0.4 is 15.6 Å². The molecule has 0 bridgehead atoms. The van der Waals surface area contributed by atoms with Crippen molar-refractivity contribution < 1.29 is 22.8 Å². The van der Waals surface area contributed by atoms with Crippen molar-refractivity contribution in [3.8, 4) is 0 Å². The third-order valence-corrected chi connectivity index (χ3v) is 6.32. The van der Waals surface area contributed by atoms with Crippen LogP contribution >= 0.6 is 0 Å². The minimum absolute atomic E-state index is 0.0538. The van der Waals surface area contributed by atoms with Gasteiger partial charge in [-0.1, -0.05) is 13.3 Å². The van der Waals surface area contributed by atoms with Crippen LogP contribution in [0.25, 0.3) is 0 Å². The Kier molecular flexibility index (Phi) is 8.15. The van der Waals surface area contributed by atoms with E-state index in [1.807, 2.05) is 6.92 Å². The molecule has 3 amide bonds. The molecule has 1 fully saturated rings. The largest absolute Gasteiger partial charge is 0.333 e. The quantitative estimate of drug-likeness (QED) is 0.562. The van der Waals surface area contributed by atoms with Gasteiger partial charge in [-0.05, 0) is 50.5 Å². The molecule has 0 aliphatic carbocycles. The SMILES string of the molecule is CC[C@H](C)NS(=O)(=O)c1ccc(C(=O)NNC(=O)CN2CCCCCC2=O)cc1. The molecule has 0 spiro atoms. The molecule has 2 rings (SSSR count). The lowest BCUT2D eigenvalue weighted by atomic mass is 10.2. The molecule has 1 aliphatic rings. The van der Waals surface area contributed by atoms with Gasteiger partial charge in [0.05, 0.1) is 4.90 Å². The summed E-state index contributed by atoms with van der Waals surface area (Å²) in [4.78, 5) is 37.6. The number of rotatable bonds is 7. The van der Waals surface area contributed by atoms with Crippen LogP contribution in [-0.2, 0) is 19.6 Å². The zero-order valence-electron chi connectivity index (χ0n) is 16.7. The molecule has 1 aliphatic heterocycles. The van der Waals surface area contributed by atoms with Crippen molar-refractivity contribution in [1.29, 1.82) is 0 Å². The van der Waals surface area contributed by atoms with Crippen molar-refractivity contribution in [1.82, 2.24) is 20.5 Å². The van der Waals surface area contributed by atoms with Gasteiger partial charge in [-0.15, -0.1) is 0 Å². The zero-order valence-corrected chi connectivity index (χ0v) is 17.5. The average molecular weight is 425 g/mol. The lowest BCUT2D eigenvalue weighted by Gasteiger charge is -2.19. The number of likely N-dealkylation sites (tertiary alicyclic amines) is 1. The summed E-state index contributed by atoms with van der Waals surface area (Å²) in [5.74, 6) is -1.14. The average Bonchev–Trinajstić information content (AvgIpc) is 2.90. The van der Waals surface area contributed by atoms with E-state index >= 15 is 0 Å². The van der Waals surface area contributed by atoms with Crippen LogP contribution in [-0.4, -0.2) is 50.2 Å². The summed E-state index contributed by atoms with van der Waals surface area (Å²) in [6.45, 7) is 4.05. The fourth-order valence-corrected chi connectivity index (χ4v) is 4.15. The molecule has 0 aromatic heterocycles. The van der Waals surface area contributed by atoms with Gasteiger partial charge in [0.15, 0.2) is 0 Å². The number of hydrogen-bond donors (Lipinski definition) is 3. The molecule has 9 nitrogen and oxygen atoms in total. The van der Waals surface area contributed by atoms with E-state index in [0.29, 0.717) is 19.4 Å². The van der Waals surface area contributed by atoms with E-state index in [0.717, 1.165) is 19.3 Å². The summed E-state index contributed by atoms with van der Waals surface area (Å²) in [6.07, 6.45) is 3.72. The van der Waals surface area contributed by atoms with E-state index < -0.39 is 21.8 Å². The van der Waals surface area contributed by atoms with Crippen molar-refractivity contribution >= 4 is 27.7 Å². The topological polar surface area (TPSA) is 125 Å². The van der Waals surface area contributed by atoms with E-state index in [9.17, 15) is 22.8 Å². The summed E-state index contributed by atoms with van der Waals surface area (Å²) in [5, 5.41) is 0. The van der Waals surface area contributed by atoms with Crippen molar-refractivity contribution in [3.05, 3.63) is 29.8 Å². The fraction of sp³-hybridized carbons (Fsp3) is 0.526. The second-order valence-corrected chi connectivity index (χ2v) is 8.80. The first-order valence-corrected chi connectivity index (χ1v) is 11.2. The smallest absolute Gasteiger partial charge is 0.269 e. The number of nitrogens with one attached hydrogen (secondary N) is 3. The van der Waals surface area contributed by atoms with E-state index in [-0.39, 0.29) is 29.0 Å². The van der Waals surface area contributed by atoms with Gasteiger partial charge in [-0.3, -0.25) is 25.2 Å². The highest BCUT2D eigenvalue weighted by Crippen LogP contribution is 2.12. The third-order valence-electron chi connectivity index (χ3n) is 4.72. The number of amides is 3.